The number of benzene rings is 1. The first-order chi connectivity index (χ1) is 10.2. The van der Waals surface area contributed by atoms with E-state index in [2.05, 4.69) is 0 Å². The molecule has 0 saturated heterocycles. The van der Waals surface area contributed by atoms with Crippen LogP contribution in [0.2, 0.25) is 0 Å². The molecule has 7 heteroatoms. The van der Waals surface area contributed by atoms with Gasteiger partial charge in [-0.05, 0) is 39.8 Å². The second-order valence-corrected chi connectivity index (χ2v) is 7.59. The maximum Gasteiger partial charge on any atom is 0.381 e. The highest BCUT2D eigenvalue weighted by Gasteiger charge is 2.36. The number of hydrogen-bond donors (Lipinski definition) is 1. The summed E-state index contributed by atoms with van der Waals surface area (Å²) in [5.74, 6) is -0.194. The van der Waals surface area contributed by atoms with Gasteiger partial charge in [0.25, 0.3) is 0 Å². The fourth-order valence-electron chi connectivity index (χ4n) is 1.78. The Balaban J connectivity index is 2.92. The Hall–Kier alpha value is -1.36. The Kier molecular flexibility index (Phi) is 6.60. The third-order valence-electron chi connectivity index (χ3n) is 2.53. The predicted molar refractivity (Wildman–Crippen MR) is 85.0 cm³/mol. The van der Waals surface area contributed by atoms with E-state index in [-0.39, 0.29) is 12.8 Å². The molecule has 124 valence electrons. The second kappa shape index (κ2) is 7.77. The second-order valence-electron chi connectivity index (χ2n) is 5.66. The summed E-state index contributed by atoms with van der Waals surface area (Å²) in [5, 5.41) is 0. The molecule has 0 bridgehead atoms. The SMILES string of the molecule is CCOC(=O)C(C)OP(=O)(CC(C)(C)N)Oc1ccccc1. The largest absolute Gasteiger partial charge is 0.464 e. The third kappa shape index (κ3) is 6.60. The van der Waals surface area contributed by atoms with Gasteiger partial charge < -0.3 is 15.0 Å². The zero-order valence-corrected chi connectivity index (χ0v) is 14.3. The molecule has 22 heavy (non-hydrogen) atoms. The van der Waals surface area contributed by atoms with E-state index in [1.807, 2.05) is 6.07 Å². The Labute approximate surface area is 131 Å². The summed E-state index contributed by atoms with van der Waals surface area (Å²) in [6, 6.07) is 8.64. The summed E-state index contributed by atoms with van der Waals surface area (Å²) in [6.45, 7) is 6.81. The lowest BCUT2D eigenvalue weighted by atomic mass is 10.1. The van der Waals surface area contributed by atoms with Crippen LogP contribution in [0.25, 0.3) is 0 Å². The first kappa shape index (κ1) is 18.7. The molecule has 6 nitrogen and oxygen atoms in total. The quantitative estimate of drug-likeness (QED) is 0.583. The van der Waals surface area contributed by atoms with Gasteiger partial charge in [0.05, 0.1) is 12.8 Å². The molecule has 2 atom stereocenters. The Morgan fingerprint density at radius 3 is 2.41 bits per heavy atom. The van der Waals surface area contributed by atoms with Crippen molar-refractivity contribution in [2.45, 2.75) is 39.3 Å². The Morgan fingerprint density at radius 1 is 1.32 bits per heavy atom. The number of esters is 1. The van der Waals surface area contributed by atoms with Gasteiger partial charge >= 0.3 is 13.6 Å². The van der Waals surface area contributed by atoms with Crippen molar-refractivity contribution in [3.63, 3.8) is 0 Å². The average Bonchev–Trinajstić information content (AvgIpc) is 2.37. The van der Waals surface area contributed by atoms with Crippen molar-refractivity contribution >= 4 is 13.6 Å². The zero-order chi connectivity index (χ0) is 16.8. The summed E-state index contributed by atoms with van der Waals surface area (Å²) in [4.78, 5) is 11.7. The van der Waals surface area contributed by atoms with E-state index < -0.39 is 25.2 Å². The molecule has 1 aromatic carbocycles. The van der Waals surface area contributed by atoms with Crippen LogP contribution in [0.1, 0.15) is 27.7 Å². The van der Waals surface area contributed by atoms with Gasteiger partial charge in [0, 0.05) is 5.54 Å². The van der Waals surface area contributed by atoms with E-state index in [0.717, 1.165) is 0 Å². The molecule has 0 spiro atoms. The lowest BCUT2D eigenvalue weighted by molar-refractivity contribution is -0.150. The number of ether oxygens (including phenoxy) is 1. The van der Waals surface area contributed by atoms with Gasteiger partial charge in [-0.1, -0.05) is 18.2 Å². The summed E-state index contributed by atoms with van der Waals surface area (Å²) in [7, 11) is -3.62. The Morgan fingerprint density at radius 2 is 1.91 bits per heavy atom. The number of nitrogens with two attached hydrogens (primary N) is 1. The molecule has 0 aliphatic rings. The normalized spacial score (nSPS) is 15.7. The van der Waals surface area contributed by atoms with E-state index in [1.54, 1.807) is 45.0 Å². The van der Waals surface area contributed by atoms with E-state index in [9.17, 15) is 9.36 Å². The molecule has 0 radical (unpaired) electrons. The zero-order valence-electron chi connectivity index (χ0n) is 13.4. The van der Waals surface area contributed by atoms with Crippen LogP contribution in [-0.4, -0.2) is 30.4 Å². The van der Waals surface area contributed by atoms with Gasteiger partial charge in [-0.2, -0.15) is 0 Å². The molecule has 1 rings (SSSR count). The van der Waals surface area contributed by atoms with E-state index in [1.165, 1.54) is 6.92 Å². The molecule has 0 aliphatic carbocycles. The van der Waals surface area contributed by atoms with Gasteiger partial charge in [0.15, 0.2) is 6.10 Å². The fraction of sp³-hybridized carbons (Fsp3) is 0.533. The van der Waals surface area contributed by atoms with Gasteiger partial charge in [-0.15, -0.1) is 0 Å². The van der Waals surface area contributed by atoms with Crippen LogP contribution in [0.3, 0.4) is 0 Å². The maximum atomic E-state index is 13.0. The van der Waals surface area contributed by atoms with Crippen molar-refractivity contribution in [2.75, 3.05) is 12.8 Å². The van der Waals surface area contributed by atoms with Crippen LogP contribution in [0, 0.1) is 0 Å². The van der Waals surface area contributed by atoms with Crippen LogP contribution < -0.4 is 10.3 Å². The van der Waals surface area contributed by atoms with Crippen molar-refractivity contribution < 1.29 is 23.1 Å². The predicted octanol–water partition coefficient (Wildman–Crippen LogP) is 2.96. The molecule has 2 unspecified atom stereocenters. The molecule has 0 aliphatic heterocycles. The summed E-state index contributed by atoms with van der Waals surface area (Å²) >= 11 is 0. The smallest absolute Gasteiger partial charge is 0.381 e. The molecule has 0 amide bonds. The first-order valence-corrected chi connectivity index (χ1v) is 8.85. The molecule has 0 heterocycles. The minimum atomic E-state index is -3.62. The minimum absolute atomic E-state index is 0.0291. The van der Waals surface area contributed by atoms with E-state index in [0.29, 0.717) is 5.75 Å². The first-order valence-electron chi connectivity index (χ1n) is 7.13. The van der Waals surface area contributed by atoms with Crippen LogP contribution in [0.5, 0.6) is 5.75 Å². The lowest BCUT2D eigenvalue weighted by Crippen LogP contribution is -2.38. The molecular weight excluding hydrogens is 305 g/mol. The van der Waals surface area contributed by atoms with Crippen molar-refractivity contribution in [3.8, 4) is 5.75 Å². The Bertz CT molecular complexity index is 526. The molecule has 0 saturated carbocycles. The molecule has 0 aromatic heterocycles. The summed E-state index contributed by atoms with van der Waals surface area (Å²) in [6.07, 6.45) is -1.03. The van der Waals surface area contributed by atoms with Crippen molar-refractivity contribution in [2.24, 2.45) is 5.73 Å². The molecule has 0 fully saturated rings. The standard InChI is InChI=1S/C15H24NO5P/c1-5-19-14(17)12(2)20-22(18,11-15(3,4)16)21-13-9-7-6-8-10-13/h6-10,12H,5,11,16H2,1-4H3. The van der Waals surface area contributed by atoms with Gasteiger partial charge in [0.2, 0.25) is 0 Å². The number of hydrogen-bond acceptors (Lipinski definition) is 6. The van der Waals surface area contributed by atoms with Crippen LogP contribution in [0.4, 0.5) is 0 Å². The summed E-state index contributed by atoms with van der Waals surface area (Å²) < 4.78 is 28.8. The lowest BCUT2D eigenvalue weighted by Gasteiger charge is -2.27. The highest BCUT2D eigenvalue weighted by molar-refractivity contribution is 7.54. The van der Waals surface area contributed by atoms with Crippen molar-refractivity contribution in [3.05, 3.63) is 30.3 Å². The highest BCUT2D eigenvalue weighted by atomic mass is 31.2. The fourth-order valence-corrected chi connectivity index (χ4v) is 3.97. The number of carbonyl (C=O) groups is 1. The minimum Gasteiger partial charge on any atom is -0.464 e. The molecular formula is C15H24NO5P. The van der Waals surface area contributed by atoms with Crippen LogP contribution in [-0.2, 0) is 18.6 Å². The van der Waals surface area contributed by atoms with Crippen LogP contribution in [0.15, 0.2) is 30.3 Å². The summed E-state index contributed by atoms with van der Waals surface area (Å²) in [5.41, 5.74) is 5.16. The topological polar surface area (TPSA) is 87.9 Å². The van der Waals surface area contributed by atoms with Crippen molar-refractivity contribution in [1.29, 1.82) is 0 Å². The number of carbonyl (C=O) groups excluding carboxylic acids is 1. The highest BCUT2D eigenvalue weighted by Crippen LogP contribution is 2.51. The molecule has 1 aromatic rings. The maximum absolute atomic E-state index is 13.0. The monoisotopic (exact) mass is 329 g/mol. The number of para-hydroxylation sites is 1. The van der Waals surface area contributed by atoms with Crippen molar-refractivity contribution in [1.82, 2.24) is 0 Å². The van der Waals surface area contributed by atoms with Gasteiger partial charge in [-0.3, -0.25) is 4.52 Å². The number of rotatable bonds is 8. The average molecular weight is 329 g/mol. The third-order valence-corrected chi connectivity index (χ3v) is 4.85. The van der Waals surface area contributed by atoms with E-state index in [4.69, 9.17) is 19.5 Å². The van der Waals surface area contributed by atoms with Gasteiger partial charge in [-0.25, -0.2) is 9.36 Å². The van der Waals surface area contributed by atoms with E-state index >= 15 is 0 Å². The molecule has 2 N–H and O–H groups in total. The van der Waals surface area contributed by atoms with Crippen LogP contribution >= 0.6 is 7.60 Å². The van der Waals surface area contributed by atoms with Gasteiger partial charge in [0.1, 0.15) is 5.75 Å².